The van der Waals surface area contributed by atoms with Crippen molar-refractivity contribution < 1.29 is 13.9 Å². The maximum absolute atomic E-state index is 14.4. The van der Waals surface area contributed by atoms with Crippen LogP contribution in [0.2, 0.25) is 5.02 Å². The van der Waals surface area contributed by atoms with Crippen LogP contribution in [0.5, 0.6) is 0 Å². The van der Waals surface area contributed by atoms with E-state index in [1.807, 2.05) is 6.07 Å². The summed E-state index contributed by atoms with van der Waals surface area (Å²) in [7, 11) is 1.36. The first-order valence-corrected chi connectivity index (χ1v) is 8.58. The quantitative estimate of drug-likeness (QED) is 0.600. The molecule has 1 N–H and O–H groups in total. The van der Waals surface area contributed by atoms with Crippen molar-refractivity contribution in [1.29, 1.82) is 0 Å². The van der Waals surface area contributed by atoms with Gasteiger partial charge in [-0.2, -0.15) is 0 Å². The first-order valence-electron chi connectivity index (χ1n) is 8.20. The molecule has 0 amide bonds. The second kappa shape index (κ2) is 6.19. The lowest BCUT2D eigenvalue weighted by atomic mass is 9.75. The highest BCUT2D eigenvalue weighted by Gasteiger charge is 2.41. The number of fused-ring (bicyclic) bond motifs is 3. The van der Waals surface area contributed by atoms with E-state index in [0.717, 1.165) is 12.0 Å². The highest BCUT2D eigenvalue weighted by molar-refractivity contribution is 6.33. The van der Waals surface area contributed by atoms with Gasteiger partial charge in [0.05, 0.1) is 29.4 Å². The fraction of sp³-hybridized carbons (Fsp3) is 0.250. The predicted octanol–water partition coefficient (Wildman–Crippen LogP) is 5.09. The number of anilines is 1. The van der Waals surface area contributed by atoms with Crippen LogP contribution in [-0.4, -0.2) is 13.1 Å². The van der Waals surface area contributed by atoms with Crippen molar-refractivity contribution in [3.63, 3.8) is 0 Å². The molecule has 1 heterocycles. The SMILES string of the molecule is COC(=O)c1ccc(Cl)c2c1C1C=CCC1[C@@H](c1ccccc1F)N2. The zero-order valence-corrected chi connectivity index (χ0v) is 14.4. The zero-order valence-electron chi connectivity index (χ0n) is 13.6. The number of carbonyl (C=O) groups is 1. The summed E-state index contributed by atoms with van der Waals surface area (Å²) in [5, 5.41) is 3.91. The molecule has 3 atom stereocenters. The van der Waals surface area contributed by atoms with E-state index >= 15 is 0 Å². The number of halogens is 2. The summed E-state index contributed by atoms with van der Waals surface area (Å²) >= 11 is 6.41. The molecule has 128 valence electrons. The molecule has 0 fully saturated rings. The number of carbonyl (C=O) groups excluding carboxylic acids is 1. The van der Waals surface area contributed by atoms with Gasteiger partial charge in [-0.25, -0.2) is 9.18 Å². The maximum atomic E-state index is 14.4. The van der Waals surface area contributed by atoms with Gasteiger partial charge >= 0.3 is 5.97 Å². The molecule has 2 aromatic rings. The predicted molar refractivity (Wildman–Crippen MR) is 95.5 cm³/mol. The number of nitrogens with one attached hydrogen (secondary N) is 1. The van der Waals surface area contributed by atoms with Crippen molar-refractivity contribution in [3.05, 3.63) is 76.1 Å². The van der Waals surface area contributed by atoms with E-state index in [1.165, 1.54) is 13.2 Å². The molecule has 0 radical (unpaired) electrons. The minimum absolute atomic E-state index is 0.00587. The van der Waals surface area contributed by atoms with Crippen molar-refractivity contribution in [2.45, 2.75) is 18.4 Å². The van der Waals surface area contributed by atoms with Gasteiger partial charge in [-0.3, -0.25) is 0 Å². The number of allylic oxidation sites excluding steroid dienone is 2. The van der Waals surface area contributed by atoms with Crippen LogP contribution in [0.25, 0.3) is 0 Å². The molecular formula is C20H17ClFNO2. The fourth-order valence-corrected chi connectivity index (χ4v) is 4.22. The van der Waals surface area contributed by atoms with Crippen LogP contribution < -0.4 is 5.32 Å². The van der Waals surface area contributed by atoms with Crippen molar-refractivity contribution in [1.82, 2.24) is 0 Å². The van der Waals surface area contributed by atoms with Crippen LogP contribution >= 0.6 is 11.6 Å². The lowest BCUT2D eigenvalue weighted by Gasteiger charge is -2.38. The van der Waals surface area contributed by atoms with Crippen LogP contribution in [0.15, 0.2) is 48.6 Å². The molecular weight excluding hydrogens is 341 g/mol. The first kappa shape index (κ1) is 16.2. The summed E-state index contributed by atoms with van der Waals surface area (Å²) in [5.41, 5.74) is 2.64. The van der Waals surface area contributed by atoms with Crippen LogP contribution in [0, 0.1) is 11.7 Å². The Labute approximate surface area is 150 Å². The Hall–Kier alpha value is -2.33. The van der Waals surface area contributed by atoms with Gasteiger partial charge in [-0.1, -0.05) is 42.0 Å². The molecule has 3 nitrogen and oxygen atoms in total. The van der Waals surface area contributed by atoms with E-state index < -0.39 is 5.97 Å². The van der Waals surface area contributed by atoms with E-state index in [4.69, 9.17) is 16.3 Å². The van der Waals surface area contributed by atoms with Crippen molar-refractivity contribution in [3.8, 4) is 0 Å². The lowest BCUT2D eigenvalue weighted by Crippen LogP contribution is -2.31. The molecule has 2 aliphatic rings. The van der Waals surface area contributed by atoms with E-state index in [0.29, 0.717) is 21.8 Å². The van der Waals surface area contributed by atoms with Gasteiger partial charge in [0.2, 0.25) is 0 Å². The molecule has 0 saturated heterocycles. The Morgan fingerprint density at radius 3 is 2.84 bits per heavy atom. The van der Waals surface area contributed by atoms with Gasteiger partial charge in [0, 0.05) is 11.5 Å². The summed E-state index contributed by atoms with van der Waals surface area (Å²) < 4.78 is 19.3. The second-order valence-electron chi connectivity index (χ2n) is 6.37. The standard InChI is InChI=1S/C20H17ClFNO2/c1-25-20(24)14-9-10-15(21)19-17(14)11-6-4-7-12(11)18(23-19)13-5-2-3-8-16(13)22/h2-6,8-12,18,23H,7H2,1H3/t11?,12?,18-/m0/s1. The van der Waals surface area contributed by atoms with Crippen molar-refractivity contribution in [2.24, 2.45) is 5.92 Å². The Balaban J connectivity index is 1.89. The number of esters is 1. The van der Waals surface area contributed by atoms with Gasteiger partial charge in [-0.05, 0) is 36.1 Å². The Bertz CT molecular complexity index is 880. The lowest BCUT2D eigenvalue weighted by molar-refractivity contribution is 0.0598. The maximum Gasteiger partial charge on any atom is 0.338 e. The van der Waals surface area contributed by atoms with Crippen LogP contribution in [0.4, 0.5) is 10.1 Å². The van der Waals surface area contributed by atoms with Gasteiger partial charge in [0.1, 0.15) is 5.82 Å². The van der Waals surface area contributed by atoms with Gasteiger partial charge in [0.15, 0.2) is 0 Å². The fourth-order valence-electron chi connectivity index (χ4n) is 4.00. The molecule has 2 aromatic carbocycles. The van der Waals surface area contributed by atoms with E-state index in [9.17, 15) is 9.18 Å². The number of benzene rings is 2. The largest absolute Gasteiger partial charge is 0.465 e. The van der Waals surface area contributed by atoms with Gasteiger partial charge in [0.25, 0.3) is 0 Å². The summed E-state index contributed by atoms with van der Waals surface area (Å²) in [6, 6.07) is 9.95. The number of methoxy groups -OCH3 is 1. The third-order valence-electron chi connectivity index (χ3n) is 5.11. The summed E-state index contributed by atoms with van der Waals surface area (Å²) in [4.78, 5) is 12.2. The first-order chi connectivity index (χ1) is 12.1. The summed E-state index contributed by atoms with van der Waals surface area (Å²) in [5.74, 6) is -0.521. The average Bonchev–Trinajstić information content (AvgIpc) is 3.11. The molecule has 0 spiro atoms. The molecule has 0 aromatic heterocycles. The molecule has 0 bridgehead atoms. The van der Waals surface area contributed by atoms with Crippen LogP contribution in [0.3, 0.4) is 0 Å². The summed E-state index contributed by atoms with van der Waals surface area (Å²) in [6.07, 6.45) is 4.98. The number of rotatable bonds is 2. The van der Waals surface area contributed by atoms with Gasteiger partial charge < -0.3 is 10.1 Å². The zero-order chi connectivity index (χ0) is 17.6. The molecule has 25 heavy (non-hydrogen) atoms. The average molecular weight is 358 g/mol. The molecule has 5 heteroatoms. The number of hydrogen-bond donors (Lipinski definition) is 1. The number of hydrogen-bond acceptors (Lipinski definition) is 3. The normalized spacial score (nSPS) is 23.6. The van der Waals surface area contributed by atoms with E-state index in [2.05, 4.69) is 17.5 Å². The molecule has 0 saturated carbocycles. The van der Waals surface area contributed by atoms with E-state index in [1.54, 1.807) is 24.3 Å². The molecule has 2 unspecified atom stereocenters. The number of ether oxygens (including phenoxy) is 1. The molecule has 1 aliphatic carbocycles. The highest BCUT2D eigenvalue weighted by Crippen LogP contribution is 2.52. The van der Waals surface area contributed by atoms with Crippen molar-refractivity contribution in [2.75, 3.05) is 12.4 Å². The third kappa shape index (κ3) is 2.52. The highest BCUT2D eigenvalue weighted by atomic mass is 35.5. The Kier molecular flexibility index (Phi) is 4.00. The van der Waals surface area contributed by atoms with E-state index in [-0.39, 0.29) is 23.7 Å². The monoisotopic (exact) mass is 357 g/mol. The smallest absolute Gasteiger partial charge is 0.338 e. The molecule has 4 rings (SSSR count). The topological polar surface area (TPSA) is 38.3 Å². The minimum atomic E-state index is -0.391. The Morgan fingerprint density at radius 2 is 2.08 bits per heavy atom. The summed E-state index contributed by atoms with van der Waals surface area (Å²) in [6.45, 7) is 0. The third-order valence-corrected chi connectivity index (χ3v) is 5.43. The van der Waals surface area contributed by atoms with Crippen LogP contribution in [-0.2, 0) is 4.74 Å². The van der Waals surface area contributed by atoms with Crippen molar-refractivity contribution >= 4 is 23.3 Å². The van der Waals surface area contributed by atoms with Crippen LogP contribution in [0.1, 0.15) is 39.9 Å². The molecule has 1 aliphatic heterocycles. The minimum Gasteiger partial charge on any atom is -0.465 e. The Morgan fingerprint density at radius 1 is 1.28 bits per heavy atom. The second-order valence-corrected chi connectivity index (χ2v) is 6.78. The van der Waals surface area contributed by atoms with Gasteiger partial charge in [-0.15, -0.1) is 0 Å².